The molecule has 0 aliphatic heterocycles. The Hall–Kier alpha value is -1.13. The molecule has 1 aromatic rings. The van der Waals surface area contributed by atoms with Gasteiger partial charge in [0.05, 0.1) is 5.02 Å². The first kappa shape index (κ1) is 12.3. The molecule has 92 valence electrons. The van der Waals surface area contributed by atoms with Crippen LogP contribution in [0.2, 0.25) is 5.02 Å². The lowest BCUT2D eigenvalue weighted by atomic mass is 10.2. The van der Waals surface area contributed by atoms with Crippen LogP contribution in [0.5, 0.6) is 0 Å². The van der Waals surface area contributed by atoms with Crippen molar-refractivity contribution in [3.8, 4) is 0 Å². The zero-order chi connectivity index (χ0) is 12.4. The predicted molar refractivity (Wildman–Crippen MR) is 65.5 cm³/mol. The van der Waals surface area contributed by atoms with Gasteiger partial charge in [-0.05, 0) is 31.0 Å². The average Bonchev–Trinajstić information content (AvgIpc) is 3.13. The molecule has 1 aromatic carbocycles. The van der Waals surface area contributed by atoms with E-state index < -0.39 is 5.82 Å². The second kappa shape index (κ2) is 5.02. The van der Waals surface area contributed by atoms with Gasteiger partial charge in [-0.15, -0.1) is 0 Å². The third kappa shape index (κ3) is 2.76. The molecule has 0 radical (unpaired) electrons. The zero-order valence-electron chi connectivity index (χ0n) is 9.33. The molecule has 17 heavy (non-hydrogen) atoms. The Morgan fingerprint density at radius 2 is 2.24 bits per heavy atom. The van der Waals surface area contributed by atoms with Crippen LogP contribution in [-0.2, 0) is 4.79 Å². The number of carbonyl (C=O) groups is 1. The van der Waals surface area contributed by atoms with Gasteiger partial charge in [-0.1, -0.05) is 11.6 Å². The molecule has 0 atom stereocenters. The molecule has 0 bridgehead atoms. The zero-order valence-corrected chi connectivity index (χ0v) is 10.1. The molecule has 1 aliphatic carbocycles. The fourth-order valence-corrected chi connectivity index (χ4v) is 1.87. The summed E-state index contributed by atoms with van der Waals surface area (Å²) in [6.07, 6.45) is 1.85. The van der Waals surface area contributed by atoms with Crippen molar-refractivity contribution in [1.29, 1.82) is 0 Å². The number of amides is 1. The minimum absolute atomic E-state index is 0.0214. The minimum Gasteiger partial charge on any atom is -0.329 e. The summed E-state index contributed by atoms with van der Waals surface area (Å²) in [7, 11) is 0. The highest BCUT2D eigenvalue weighted by Gasteiger charge is 2.33. The highest BCUT2D eigenvalue weighted by atomic mass is 35.5. The van der Waals surface area contributed by atoms with Gasteiger partial charge in [0, 0.05) is 24.7 Å². The molecule has 0 heterocycles. The van der Waals surface area contributed by atoms with Crippen molar-refractivity contribution in [2.45, 2.75) is 12.8 Å². The number of halogens is 2. The maximum atomic E-state index is 13.1. The van der Waals surface area contributed by atoms with Crippen molar-refractivity contribution >= 4 is 23.2 Å². The summed E-state index contributed by atoms with van der Waals surface area (Å²) in [5.74, 6) is -0.328. The SMILES string of the molecule is NCCN(C(=O)C1CC1)c1ccc(F)c(Cl)c1. The third-order valence-electron chi connectivity index (χ3n) is 2.76. The van der Waals surface area contributed by atoms with E-state index in [-0.39, 0.29) is 16.8 Å². The standard InChI is InChI=1S/C12H14ClFN2O/c13-10-7-9(3-4-11(10)14)16(6-5-15)12(17)8-1-2-8/h3-4,7-8H,1-2,5-6,15H2. The van der Waals surface area contributed by atoms with Crippen LogP contribution in [0.15, 0.2) is 18.2 Å². The molecule has 2 rings (SSSR count). The van der Waals surface area contributed by atoms with Crippen LogP contribution in [0, 0.1) is 11.7 Å². The molecule has 1 aliphatic rings. The second-order valence-electron chi connectivity index (χ2n) is 4.15. The van der Waals surface area contributed by atoms with Crippen LogP contribution in [0.25, 0.3) is 0 Å². The van der Waals surface area contributed by atoms with Crippen LogP contribution in [0.4, 0.5) is 10.1 Å². The fraction of sp³-hybridized carbons (Fsp3) is 0.417. The molecule has 0 saturated heterocycles. The van der Waals surface area contributed by atoms with E-state index in [9.17, 15) is 9.18 Å². The van der Waals surface area contributed by atoms with Crippen molar-refractivity contribution in [2.75, 3.05) is 18.0 Å². The smallest absolute Gasteiger partial charge is 0.230 e. The summed E-state index contributed by atoms with van der Waals surface area (Å²) >= 11 is 5.71. The monoisotopic (exact) mass is 256 g/mol. The molecular formula is C12H14ClFN2O. The van der Waals surface area contributed by atoms with Gasteiger partial charge < -0.3 is 10.6 Å². The quantitative estimate of drug-likeness (QED) is 0.898. The van der Waals surface area contributed by atoms with Gasteiger partial charge in [0.25, 0.3) is 0 Å². The summed E-state index contributed by atoms with van der Waals surface area (Å²) in [6, 6.07) is 4.28. The summed E-state index contributed by atoms with van der Waals surface area (Å²) in [6.45, 7) is 0.796. The van der Waals surface area contributed by atoms with E-state index in [1.54, 1.807) is 11.0 Å². The Balaban J connectivity index is 2.24. The maximum absolute atomic E-state index is 13.1. The summed E-state index contributed by atoms with van der Waals surface area (Å²) in [5.41, 5.74) is 6.10. The van der Waals surface area contributed by atoms with Gasteiger partial charge in [0.15, 0.2) is 0 Å². The number of rotatable bonds is 4. The molecule has 2 N–H and O–H groups in total. The van der Waals surface area contributed by atoms with Gasteiger partial charge in [-0.25, -0.2) is 4.39 Å². The van der Waals surface area contributed by atoms with E-state index >= 15 is 0 Å². The third-order valence-corrected chi connectivity index (χ3v) is 3.05. The Bertz CT molecular complexity index is 435. The second-order valence-corrected chi connectivity index (χ2v) is 4.56. The Labute approximate surface area is 104 Å². The van der Waals surface area contributed by atoms with Crippen molar-refractivity contribution in [3.63, 3.8) is 0 Å². The van der Waals surface area contributed by atoms with Crippen LogP contribution in [-0.4, -0.2) is 19.0 Å². The topological polar surface area (TPSA) is 46.3 Å². The Kier molecular flexibility index (Phi) is 3.64. The van der Waals surface area contributed by atoms with Crippen molar-refractivity contribution in [1.82, 2.24) is 0 Å². The van der Waals surface area contributed by atoms with Crippen LogP contribution < -0.4 is 10.6 Å². The Morgan fingerprint density at radius 1 is 1.53 bits per heavy atom. The van der Waals surface area contributed by atoms with E-state index in [1.165, 1.54) is 12.1 Å². The van der Waals surface area contributed by atoms with Crippen LogP contribution in [0.3, 0.4) is 0 Å². The summed E-state index contributed by atoms with van der Waals surface area (Å²) in [4.78, 5) is 13.6. The van der Waals surface area contributed by atoms with Gasteiger partial charge in [0.1, 0.15) is 5.82 Å². The highest BCUT2D eigenvalue weighted by Crippen LogP contribution is 2.33. The average molecular weight is 257 g/mol. The van der Waals surface area contributed by atoms with E-state index in [4.69, 9.17) is 17.3 Å². The fourth-order valence-electron chi connectivity index (χ4n) is 1.70. The van der Waals surface area contributed by atoms with E-state index in [0.29, 0.717) is 18.8 Å². The molecule has 0 aromatic heterocycles. The maximum Gasteiger partial charge on any atom is 0.230 e. The molecule has 1 fully saturated rings. The molecule has 3 nitrogen and oxygen atoms in total. The largest absolute Gasteiger partial charge is 0.329 e. The number of nitrogens with two attached hydrogens (primary N) is 1. The number of carbonyl (C=O) groups excluding carboxylic acids is 1. The summed E-state index contributed by atoms with van der Waals surface area (Å²) < 4.78 is 13.1. The number of anilines is 1. The molecule has 0 unspecified atom stereocenters. The lowest BCUT2D eigenvalue weighted by Gasteiger charge is -2.22. The first-order chi connectivity index (χ1) is 8.13. The van der Waals surface area contributed by atoms with Crippen molar-refractivity contribution in [3.05, 3.63) is 29.0 Å². The molecule has 0 spiro atoms. The van der Waals surface area contributed by atoms with E-state index in [2.05, 4.69) is 0 Å². The molecule has 1 amide bonds. The Morgan fingerprint density at radius 3 is 2.76 bits per heavy atom. The lowest BCUT2D eigenvalue weighted by molar-refractivity contribution is -0.119. The number of hydrogen-bond donors (Lipinski definition) is 1. The van der Waals surface area contributed by atoms with Crippen molar-refractivity contribution in [2.24, 2.45) is 11.7 Å². The van der Waals surface area contributed by atoms with Gasteiger partial charge >= 0.3 is 0 Å². The van der Waals surface area contributed by atoms with Gasteiger partial charge in [0.2, 0.25) is 5.91 Å². The van der Waals surface area contributed by atoms with Gasteiger partial charge in [-0.2, -0.15) is 0 Å². The first-order valence-corrected chi connectivity index (χ1v) is 5.97. The molecule has 1 saturated carbocycles. The normalized spacial score (nSPS) is 14.8. The van der Waals surface area contributed by atoms with Crippen molar-refractivity contribution < 1.29 is 9.18 Å². The lowest BCUT2D eigenvalue weighted by Crippen LogP contribution is -2.36. The summed E-state index contributed by atoms with van der Waals surface area (Å²) in [5, 5.41) is 0.0214. The number of hydrogen-bond acceptors (Lipinski definition) is 2. The van der Waals surface area contributed by atoms with Crippen LogP contribution >= 0.6 is 11.6 Å². The van der Waals surface area contributed by atoms with E-state index in [1.807, 2.05) is 0 Å². The number of benzene rings is 1. The molecular weight excluding hydrogens is 243 g/mol. The predicted octanol–water partition coefficient (Wildman–Crippen LogP) is 2.18. The molecule has 5 heteroatoms. The minimum atomic E-state index is -0.484. The van der Waals surface area contributed by atoms with Gasteiger partial charge in [-0.3, -0.25) is 4.79 Å². The first-order valence-electron chi connectivity index (χ1n) is 5.60. The van der Waals surface area contributed by atoms with Crippen LogP contribution in [0.1, 0.15) is 12.8 Å². The number of nitrogens with zero attached hydrogens (tertiary/aromatic N) is 1. The highest BCUT2D eigenvalue weighted by molar-refractivity contribution is 6.31. The van der Waals surface area contributed by atoms with E-state index in [0.717, 1.165) is 12.8 Å².